The molecule has 0 unspecified atom stereocenters. The molecular weight excluding hydrogens is 450 g/mol. The first-order chi connectivity index (χ1) is 16.1. The average Bonchev–Trinajstić information content (AvgIpc) is 2.77. The Morgan fingerprint density at radius 3 is 2.41 bits per heavy atom. The van der Waals surface area contributed by atoms with Crippen molar-refractivity contribution in [2.45, 2.75) is 44.0 Å². The maximum absolute atomic E-state index is 13.6. The summed E-state index contributed by atoms with van der Waals surface area (Å²) in [6, 6.07) is 15.6. The highest BCUT2D eigenvalue weighted by molar-refractivity contribution is 7.91. The van der Waals surface area contributed by atoms with Crippen LogP contribution >= 0.6 is 0 Å². The third kappa shape index (κ3) is 4.49. The number of aryl methyl sites for hydroxylation is 4. The number of sulfone groups is 1. The zero-order valence-electron chi connectivity index (χ0n) is 19.4. The van der Waals surface area contributed by atoms with Crippen LogP contribution in [0.25, 0.3) is 11.0 Å². The number of nitrogens with zero attached hydrogens (tertiary/aromatic N) is 2. The molecule has 0 saturated heterocycles. The molecule has 0 aliphatic rings. The maximum Gasteiger partial charge on any atom is 0.244 e. The molecule has 4 rings (SSSR count). The lowest BCUT2D eigenvalue weighted by molar-refractivity contribution is -0.116. The number of aromatic nitrogens is 2. The Kier molecular flexibility index (Phi) is 6.10. The summed E-state index contributed by atoms with van der Waals surface area (Å²) in [6.45, 7) is 6.95. The van der Waals surface area contributed by atoms with E-state index < -0.39 is 15.3 Å². The molecule has 7 nitrogen and oxygen atoms in total. The normalized spacial score (nSPS) is 11.5. The van der Waals surface area contributed by atoms with E-state index in [4.69, 9.17) is 0 Å². The molecule has 2 heterocycles. The van der Waals surface area contributed by atoms with Crippen molar-refractivity contribution in [3.05, 3.63) is 93.4 Å². The Labute approximate surface area is 198 Å². The predicted molar refractivity (Wildman–Crippen MR) is 132 cm³/mol. The number of fused-ring (bicyclic) bond motifs is 1. The van der Waals surface area contributed by atoms with E-state index in [1.807, 2.05) is 31.2 Å². The standard InChI is InChI=1S/C26H25N3O4S/c1-16-6-5-7-20(12-16)28-24(30)15-29-14-23(25(31)21-11-10-19(4)27-26(21)29)34(32,33)22-13-17(2)8-9-18(22)3/h5-14H,15H2,1-4H3,(H,28,30). The Morgan fingerprint density at radius 1 is 0.941 bits per heavy atom. The summed E-state index contributed by atoms with van der Waals surface area (Å²) in [6.07, 6.45) is 1.23. The van der Waals surface area contributed by atoms with Gasteiger partial charge in [-0.15, -0.1) is 0 Å². The van der Waals surface area contributed by atoms with Crippen molar-refractivity contribution in [3.63, 3.8) is 0 Å². The van der Waals surface area contributed by atoms with Crippen LogP contribution in [0.4, 0.5) is 5.69 Å². The number of benzene rings is 2. The van der Waals surface area contributed by atoms with E-state index in [0.29, 0.717) is 16.9 Å². The van der Waals surface area contributed by atoms with Crippen molar-refractivity contribution in [2.75, 3.05) is 5.32 Å². The number of nitrogens with one attached hydrogen (secondary N) is 1. The molecule has 0 bridgehead atoms. The fourth-order valence-corrected chi connectivity index (χ4v) is 5.53. The van der Waals surface area contributed by atoms with Gasteiger partial charge in [-0.2, -0.15) is 0 Å². The molecule has 0 radical (unpaired) electrons. The largest absolute Gasteiger partial charge is 0.325 e. The van der Waals surface area contributed by atoms with Crippen LogP contribution in [0.2, 0.25) is 0 Å². The van der Waals surface area contributed by atoms with Gasteiger partial charge in [0.25, 0.3) is 0 Å². The first kappa shape index (κ1) is 23.4. The fourth-order valence-electron chi connectivity index (χ4n) is 3.84. The lowest BCUT2D eigenvalue weighted by Gasteiger charge is -2.15. The van der Waals surface area contributed by atoms with Crippen molar-refractivity contribution in [3.8, 4) is 0 Å². The van der Waals surface area contributed by atoms with Gasteiger partial charge in [0, 0.05) is 17.6 Å². The van der Waals surface area contributed by atoms with Gasteiger partial charge >= 0.3 is 0 Å². The number of rotatable bonds is 5. The number of anilines is 1. The van der Waals surface area contributed by atoms with Crippen LogP contribution in [-0.2, 0) is 21.2 Å². The van der Waals surface area contributed by atoms with Crippen LogP contribution < -0.4 is 10.7 Å². The molecule has 2 aromatic heterocycles. The molecule has 2 aromatic carbocycles. The quantitative estimate of drug-likeness (QED) is 0.469. The minimum Gasteiger partial charge on any atom is -0.325 e. The lowest BCUT2D eigenvalue weighted by atomic mass is 10.2. The zero-order chi connectivity index (χ0) is 24.6. The van der Waals surface area contributed by atoms with Crippen LogP contribution in [0.1, 0.15) is 22.4 Å². The third-order valence-corrected chi connectivity index (χ3v) is 7.46. The van der Waals surface area contributed by atoms with Gasteiger partial charge in [-0.3, -0.25) is 9.59 Å². The van der Waals surface area contributed by atoms with Gasteiger partial charge in [-0.1, -0.05) is 24.3 Å². The molecule has 0 saturated carbocycles. The van der Waals surface area contributed by atoms with Crippen LogP contribution in [0.5, 0.6) is 0 Å². The molecule has 0 fully saturated rings. The Morgan fingerprint density at radius 2 is 1.68 bits per heavy atom. The minimum atomic E-state index is -4.14. The summed E-state index contributed by atoms with van der Waals surface area (Å²) in [5, 5.41) is 2.96. The molecule has 0 spiro atoms. The monoisotopic (exact) mass is 475 g/mol. The molecule has 174 valence electrons. The summed E-state index contributed by atoms with van der Waals surface area (Å²) in [4.78, 5) is 30.2. The van der Waals surface area contributed by atoms with Crippen molar-refractivity contribution in [1.82, 2.24) is 9.55 Å². The van der Waals surface area contributed by atoms with Crippen LogP contribution in [0.3, 0.4) is 0 Å². The SMILES string of the molecule is Cc1cccc(NC(=O)Cn2cc(S(=O)(=O)c3cc(C)ccc3C)c(=O)c3ccc(C)nc32)c1. The highest BCUT2D eigenvalue weighted by atomic mass is 32.2. The fraction of sp³-hybridized carbons (Fsp3) is 0.192. The Balaban J connectivity index is 1.86. The van der Waals surface area contributed by atoms with Gasteiger partial charge in [-0.25, -0.2) is 13.4 Å². The molecule has 34 heavy (non-hydrogen) atoms. The molecule has 1 N–H and O–H groups in total. The van der Waals surface area contributed by atoms with Gasteiger partial charge < -0.3 is 9.88 Å². The number of carbonyl (C=O) groups excluding carboxylic acids is 1. The number of hydrogen-bond acceptors (Lipinski definition) is 5. The Hall–Kier alpha value is -3.78. The first-order valence-electron chi connectivity index (χ1n) is 10.8. The van der Waals surface area contributed by atoms with Crippen molar-refractivity contribution in [1.29, 1.82) is 0 Å². The summed E-state index contributed by atoms with van der Waals surface area (Å²) in [5.74, 6) is -0.367. The number of carbonyl (C=O) groups is 1. The minimum absolute atomic E-state index is 0.0692. The van der Waals surface area contributed by atoms with Crippen molar-refractivity contribution < 1.29 is 13.2 Å². The number of pyridine rings is 2. The lowest BCUT2D eigenvalue weighted by Crippen LogP contribution is -2.24. The van der Waals surface area contributed by atoms with Crippen LogP contribution in [0, 0.1) is 27.7 Å². The highest BCUT2D eigenvalue weighted by Gasteiger charge is 2.26. The van der Waals surface area contributed by atoms with Gasteiger partial charge in [-0.05, 0) is 74.7 Å². The Bertz CT molecular complexity index is 1600. The second kappa shape index (κ2) is 8.87. The molecule has 0 atom stereocenters. The van der Waals surface area contributed by atoms with E-state index in [0.717, 1.165) is 11.1 Å². The second-order valence-corrected chi connectivity index (χ2v) is 10.4. The van der Waals surface area contributed by atoms with Crippen molar-refractivity contribution >= 4 is 32.5 Å². The van der Waals surface area contributed by atoms with E-state index in [1.54, 1.807) is 51.1 Å². The first-order valence-corrected chi connectivity index (χ1v) is 12.2. The highest BCUT2D eigenvalue weighted by Crippen LogP contribution is 2.25. The molecule has 0 aliphatic carbocycles. The molecule has 0 aliphatic heterocycles. The van der Waals surface area contributed by atoms with E-state index in [9.17, 15) is 18.0 Å². The summed E-state index contributed by atoms with van der Waals surface area (Å²) < 4.78 is 28.6. The number of amides is 1. The molecule has 1 amide bonds. The van der Waals surface area contributed by atoms with E-state index in [1.165, 1.54) is 10.8 Å². The summed E-state index contributed by atoms with van der Waals surface area (Å²) >= 11 is 0. The van der Waals surface area contributed by atoms with Crippen LogP contribution in [-0.4, -0.2) is 23.9 Å². The summed E-state index contributed by atoms with van der Waals surface area (Å²) in [5.41, 5.74) is 3.18. The van der Waals surface area contributed by atoms with E-state index in [2.05, 4.69) is 10.3 Å². The van der Waals surface area contributed by atoms with Gasteiger partial charge in [0.1, 0.15) is 17.1 Å². The van der Waals surface area contributed by atoms with Crippen molar-refractivity contribution in [2.24, 2.45) is 0 Å². The van der Waals surface area contributed by atoms with Gasteiger partial charge in [0.2, 0.25) is 21.2 Å². The van der Waals surface area contributed by atoms with Gasteiger partial charge in [0.15, 0.2) is 0 Å². The smallest absolute Gasteiger partial charge is 0.244 e. The third-order valence-electron chi connectivity index (χ3n) is 5.57. The molecular formula is C26H25N3O4S. The summed E-state index contributed by atoms with van der Waals surface area (Å²) in [7, 11) is -4.14. The zero-order valence-corrected chi connectivity index (χ0v) is 20.2. The van der Waals surface area contributed by atoms with Crippen LogP contribution in [0.15, 0.2) is 75.4 Å². The average molecular weight is 476 g/mol. The maximum atomic E-state index is 13.6. The number of hydrogen-bond donors (Lipinski definition) is 1. The molecule has 4 aromatic rings. The van der Waals surface area contributed by atoms with Gasteiger partial charge in [0.05, 0.1) is 10.3 Å². The predicted octanol–water partition coefficient (Wildman–Crippen LogP) is 4.10. The topological polar surface area (TPSA) is 98.1 Å². The van der Waals surface area contributed by atoms with E-state index >= 15 is 0 Å². The molecule has 8 heteroatoms. The second-order valence-electron chi connectivity index (χ2n) is 8.46. The van der Waals surface area contributed by atoms with E-state index in [-0.39, 0.29) is 33.3 Å².